The highest BCUT2D eigenvalue weighted by atomic mass is 16.2. The SMILES string of the molecule is CNC(=O)Nc1nc2c([nH]1)c(=O)n(C)c(=O)n2C. The molecular formula is C9H12N6O3. The minimum atomic E-state index is -0.495. The minimum absolute atomic E-state index is 0.0997. The van der Waals surface area contributed by atoms with Gasteiger partial charge in [0, 0.05) is 21.1 Å². The first-order valence-electron chi connectivity index (χ1n) is 5.10. The fourth-order valence-electron chi connectivity index (χ4n) is 1.56. The van der Waals surface area contributed by atoms with Crippen molar-refractivity contribution in [3.05, 3.63) is 20.8 Å². The monoisotopic (exact) mass is 252 g/mol. The lowest BCUT2D eigenvalue weighted by atomic mass is 10.5. The highest BCUT2D eigenvalue weighted by molar-refractivity contribution is 5.88. The maximum atomic E-state index is 11.8. The van der Waals surface area contributed by atoms with Crippen molar-refractivity contribution >= 4 is 23.1 Å². The molecule has 0 aliphatic heterocycles. The van der Waals surface area contributed by atoms with Crippen molar-refractivity contribution in [2.45, 2.75) is 0 Å². The Hall–Kier alpha value is -2.58. The normalized spacial score (nSPS) is 10.6. The number of aromatic nitrogens is 4. The molecule has 3 N–H and O–H groups in total. The van der Waals surface area contributed by atoms with Crippen molar-refractivity contribution in [1.29, 1.82) is 0 Å². The van der Waals surface area contributed by atoms with Crippen LogP contribution in [0.4, 0.5) is 10.7 Å². The molecule has 2 aromatic heterocycles. The lowest BCUT2D eigenvalue weighted by molar-refractivity contribution is 0.254. The van der Waals surface area contributed by atoms with E-state index in [1.165, 1.54) is 25.7 Å². The van der Waals surface area contributed by atoms with Crippen molar-refractivity contribution < 1.29 is 4.79 Å². The van der Waals surface area contributed by atoms with Crippen LogP contribution in [0.2, 0.25) is 0 Å². The Morgan fingerprint density at radius 2 is 1.94 bits per heavy atom. The molecule has 2 heterocycles. The van der Waals surface area contributed by atoms with Crippen molar-refractivity contribution in [1.82, 2.24) is 24.4 Å². The van der Waals surface area contributed by atoms with Gasteiger partial charge in [0.2, 0.25) is 5.95 Å². The van der Waals surface area contributed by atoms with Gasteiger partial charge in [-0.2, -0.15) is 4.98 Å². The Labute approximate surface area is 100 Å². The summed E-state index contributed by atoms with van der Waals surface area (Å²) in [5, 5.41) is 4.74. The number of nitrogens with one attached hydrogen (secondary N) is 3. The quantitative estimate of drug-likeness (QED) is 0.586. The lowest BCUT2D eigenvalue weighted by Crippen LogP contribution is -2.36. The number of carbonyl (C=O) groups excluding carboxylic acids is 1. The maximum Gasteiger partial charge on any atom is 0.332 e. The highest BCUT2D eigenvalue weighted by Crippen LogP contribution is 2.07. The van der Waals surface area contributed by atoms with Crippen LogP contribution in [0.1, 0.15) is 0 Å². The summed E-state index contributed by atoms with van der Waals surface area (Å²) in [5.74, 6) is 0.0997. The summed E-state index contributed by atoms with van der Waals surface area (Å²) in [6.07, 6.45) is 0. The van der Waals surface area contributed by atoms with E-state index in [2.05, 4.69) is 20.6 Å². The number of hydrogen-bond acceptors (Lipinski definition) is 4. The Bertz CT molecular complexity index is 737. The van der Waals surface area contributed by atoms with Gasteiger partial charge >= 0.3 is 11.7 Å². The summed E-state index contributed by atoms with van der Waals surface area (Å²) in [5.41, 5.74) is -0.628. The van der Waals surface area contributed by atoms with Gasteiger partial charge in [0.25, 0.3) is 5.56 Å². The van der Waals surface area contributed by atoms with Crippen LogP contribution in [0.25, 0.3) is 11.2 Å². The number of hydrogen-bond donors (Lipinski definition) is 3. The lowest BCUT2D eigenvalue weighted by Gasteiger charge is -2.00. The fourth-order valence-corrected chi connectivity index (χ4v) is 1.56. The number of amides is 2. The molecule has 0 radical (unpaired) electrons. The smallest absolute Gasteiger partial charge is 0.332 e. The third-order valence-corrected chi connectivity index (χ3v) is 2.55. The summed E-state index contributed by atoms with van der Waals surface area (Å²) >= 11 is 0. The van der Waals surface area contributed by atoms with Gasteiger partial charge in [-0.3, -0.25) is 19.2 Å². The molecule has 0 aromatic carbocycles. The number of anilines is 1. The van der Waals surface area contributed by atoms with E-state index in [0.717, 1.165) is 4.57 Å². The molecule has 0 spiro atoms. The summed E-state index contributed by atoms with van der Waals surface area (Å²) in [7, 11) is 4.32. The van der Waals surface area contributed by atoms with E-state index >= 15 is 0 Å². The van der Waals surface area contributed by atoms with Gasteiger partial charge in [0.1, 0.15) is 0 Å². The van der Waals surface area contributed by atoms with Crippen LogP contribution in [0.5, 0.6) is 0 Å². The van der Waals surface area contributed by atoms with E-state index in [1.54, 1.807) is 0 Å². The van der Waals surface area contributed by atoms with Crippen LogP contribution in [-0.4, -0.2) is 32.2 Å². The molecule has 2 amide bonds. The van der Waals surface area contributed by atoms with Crippen LogP contribution in [0.15, 0.2) is 9.59 Å². The molecule has 0 aliphatic rings. The first kappa shape index (κ1) is 11.9. The average molecular weight is 252 g/mol. The van der Waals surface area contributed by atoms with E-state index in [1.807, 2.05) is 0 Å². The van der Waals surface area contributed by atoms with Crippen molar-refractivity contribution in [2.75, 3.05) is 12.4 Å². The molecule has 9 nitrogen and oxygen atoms in total. The third kappa shape index (κ3) is 1.65. The van der Waals surface area contributed by atoms with Gasteiger partial charge in [-0.1, -0.05) is 0 Å². The number of urea groups is 1. The van der Waals surface area contributed by atoms with Gasteiger partial charge in [-0.15, -0.1) is 0 Å². The van der Waals surface area contributed by atoms with E-state index in [0.29, 0.717) is 0 Å². The van der Waals surface area contributed by atoms with Crippen molar-refractivity contribution in [3.63, 3.8) is 0 Å². The fraction of sp³-hybridized carbons (Fsp3) is 0.333. The molecule has 96 valence electrons. The number of rotatable bonds is 1. The highest BCUT2D eigenvalue weighted by Gasteiger charge is 2.13. The second-order valence-corrected chi connectivity index (χ2v) is 3.69. The molecule has 9 heteroatoms. The molecule has 0 bridgehead atoms. The molecule has 0 unspecified atom stereocenters. The minimum Gasteiger partial charge on any atom is -0.341 e. The zero-order chi connectivity index (χ0) is 13.4. The first-order valence-corrected chi connectivity index (χ1v) is 5.10. The van der Waals surface area contributed by atoms with Crippen molar-refractivity contribution in [2.24, 2.45) is 14.1 Å². The molecule has 0 aliphatic carbocycles. The number of carbonyl (C=O) groups is 1. The second-order valence-electron chi connectivity index (χ2n) is 3.69. The number of aromatic amines is 1. The number of aryl methyl sites for hydroxylation is 1. The van der Waals surface area contributed by atoms with Crippen LogP contribution >= 0.6 is 0 Å². The van der Waals surface area contributed by atoms with E-state index in [4.69, 9.17) is 0 Å². The van der Waals surface area contributed by atoms with Crippen LogP contribution in [-0.2, 0) is 14.1 Å². The maximum absolute atomic E-state index is 11.8. The molecule has 2 rings (SSSR count). The van der Waals surface area contributed by atoms with Crippen LogP contribution in [0, 0.1) is 0 Å². The summed E-state index contributed by atoms with van der Waals surface area (Å²) in [4.78, 5) is 41.3. The molecule has 0 saturated carbocycles. The Morgan fingerprint density at radius 1 is 1.28 bits per heavy atom. The molecular weight excluding hydrogens is 240 g/mol. The zero-order valence-electron chi connectivity index (χ0n) is 10.1. The summed E-state index contributed by atoms with van der Waals surface area (Å²) in [6, 6.07) is -0.476. The van der Waals surface area contributed by atoms with Crippen LogP contribution in [0.3, 0.4) is 0 Å². The molecule has 2 aromatic rings. The van der Waals surface area contributed by atoms with E-state index in [-0.39, 0.29) is 17.1 Å². The number of H-pyrrole nitrogens is 1. The second kappa shape index (κ2) is 4.02. The standard InChI is InChI=1S/C9H12N6O3/c1-10-8(17)13-7-11-4-5(12-7)14(2)9(18)15(3)6(4)16/h1-3H3,(H3,10,11,12,13,17). The first-order chi connectivity index (χ1) is 8.45. The predicted octanol–water partition coefficient (Wildman–Crippen LogP) is -1.29. The average Bonchev–Trinajstić information content (AvgIpc) is 2.77. The number of fused-ring (bicyclic) bond motifs is 1. The predicted molar refractivity (Wildman–Crippen MR) is 64.7 cm³/mol. The zero-order valence-corrected chi connectivity index (χ0v) is 10.1. The van der Waals surface area contributed by atoms with Crippen molar-refractivity contribution in [3.8, 4) is 0 Å². The molecule has 18 heavy (non-hydrogen) atoms. The molecule has 0 fully saturated rings. The third-order valence-electron chi connectivity index (χ3n) is 2.55. The van der Waals surface area contributed by atoms with Gasteiger partial charge in [-0.05, 0) is 0 Å². The Kier molecular flexibility index (Phi) is 2.66. The molecule has 0 saturated heterocycles. The number of imidazole rings is 1. The van der Waals surface area contributed by atoms with E-state index in [9.17, 15) is 14.4 Å². The molecule has 0 atom stereocenters. The Balaban J connectivity index is 2.69. The Morgan fingerprint density at radius 3 is 2.56 bits per heavy atom. The summed E-state index contributed by atoms with van der Waals surface area (Å²) in [6.45, 7) is 0. The summed E-state index contributed by atoms with van der Waals surface area (Å²) < 4.78 is 2.19. The van der Waals surface area contributed by atoms with Gasteiger partial charge in [-0.25, -0.2) is 9.59 Å². The van der Waals surface area contributed by atoms with E-state index < -0.39 is 17.3 Å². The topological polar surface area (TPSA) is 114 Å². The van der Waals surface area contributed by atoms with Gasteiger partial charge in [0.15, 0.2) is 11.2 Å². The van der Waals surface area contributed by atoms with Crippen LogP contribution < -0.4 is 21.9 Å². The van der Waals surface area contributed by atoms with Gasteiger partial charge < -0.3 is 10.3 Å². The number of nitrogens with zero attached hydrogens (tertiary/aromatic N) is 3. The largest absolute Gasteiger partial charge is 0.341 e. The van der Waals surface area contributed by atoms with Gasteiger partial charge in [0.05, 0.1) is 0 Å².